The van der Waals surface area contributed by atoms with Crippen LogP contribution in [-0.2, 0) is 11.2 Å². The van der Waals surface area contributed by atoms with Crippen LogP contribution in [0.25, 0.3) is 5.65 Å². The van der Waals surface area contributed by atoms with Crippen molar-refractivity contribution in [3.63, 3.8) is 0 Å². The molecule has 3 rings (SSSR count). The molecule has 0 saturated heterocycles. The van der Waals surface area contributed by atoms with Gasteiger partial charge in [0, 0.05) is 23.9 Å². The Hall–Kier alpha value is -2.89. The Balaban J connectivity index is 1.75. The maximum absolute atomic E-state index is 12.3. The number of amides is 1. The van der Waals surface area contributed by atoms with Gasteiger partial charge >= 0.3 is 0 Å². The molecule has 0 atom stereocenters. The first-order valence-electron chi connectivity index (χ1n) is 8.25. The van der Waals surface area contributed by atoms with Crippen LogP contribution in [0.3, 0.4) is 0 Å². The lowest BCUT2D eigenvalue weighted by molar-refractivity contribution is -0.116. The minimum absolute atomic E-state index is 0.0555. The predicted molar refractivity (Wildman–Crippen MR) is 97.1 cm³/mol. The Morgan fingerprint density at radius 1 is 1.24 bits per heavy atom. The largest absolute Gasteiger partial charge is 0.495 e. The van der Waals surface area contributed by atoms with Crippen molar-refractivity contribution in [2.75, 3.05) is 12.4 Å². The Bertz CT molecular complexity index is 931. The van der Waals surface area contributed by atoms with E-state index in [0.717, 1.165) is 28.3 Å². The number of hydrogen-bond donors (Lipinski definition) is 1. The summed E-state index contributed by atoms with van der Waals surface area (Å²) in [6.07, 6.45) is 0.980. The summed E-state index contributed by atoms with van der Waals surface area (Å²) < 4.78 is 7.10. The molecule has 6 heteroatoms. The molecule has 1 amide bonds. The average molecular weight is 338 g/mol. The number of para-hydroxylation sites is 2. The number of fused-ring (bicyclic) bond motifs is 1. The zero-order valence-electron chi connectivity index (χ0n) is 15.0. The smallest absolute Gasteiger partial charge is 0.224 e. The first-order valence-corrected chi connectivity index (χ1v) is 8.25. The molecule has 0 radical (unpaired) electrons. The summed E-state index contributed by atoms with van der Waals surface area (Å²) in [6.45, 7) is 5.94. The zero-order chi connectivity index (χ0) is 18.0. The first kappa shape index (κ1) is 17.0. The van der Waals surface area contributed by atoms with Crippen LogP contribution < -0.4 is 10.1 Å². The maximum Gasteiger partial charge on any atom is 0.224 e. The van der Waals surface area contributed by atoms with Crippen molar-refractivity contribution in [2.24, 2.45) is 0 Å². The van der Waals surface area contributed by atoms with E-state index in [9.17, 15) is 4.79 Å². The van der Waals surface area contributed by atoms with Crippen LogP contribution in [0.2, 0.25) is 0 Å². The second-order valence-corrected chi connectivity index (χ2v) is 6.07. The van der Waals surface area contributed by atoms with Gasteiger partial charge in [-0.05, 0) is 44.9 Å². The third kappa shape index (κ3) is 3.47. The monoisotopic (exact) mass is 338 g/mol. The summed E-state index contributed by atoms with van der Waals surface area (Å²) in [7, 11) is 1.59. The standard InChI is InChI=1S/C19H22N4O2/c1-12-11-18-20-13(2)15(14(3)23(18)22-12)9-10-19(24)21-16-7-5-6-8-17(16)25-4/h5-8,11H,9-10H2,1-4H3,(H,21,24). The van der Waals surface area contributed by atoms with Crippen LogP contribution >= 0.6 is 0 Å². The SMILES string of the molecule is COc1ccccc1NC(=O)CCc1c(C)nc2cc(C)nn2c1C. The molecule has 6 nitrogen and oxygen atoms in total. The summed E-state index contributed by atoms with van der Waals surface area (Å²) >= 11 is 0. The number of anilines is 1. The highest BCUT2D eigenvalue weighted by Crippen LogP contribution is 2.23. The minimum Gasteiger partial charge on any atom is -0.495 e. The van der Waals surface area contributed by atoms with Crippen molar-refractivity contribution in [1.29, 1.82) is 0 Å². The second-order valence-electron chi connectivity index (χ2n) is 6.07. The molecule has 3 aromatic rings. The Morgan fingerprint density at radius 3 is 2.76 bits per heavy atom. The summed E-state index contributed by atoms with van der Waals surface area (Å²) in [5.74, 6) is 0.596. The number of ether oxygens (including phenoxy) is 1. The van der Waals surface area contributed by atoms with Gasteiger partial charge in [0.2, 0.25) is 5.91 Å². The first-order chi connectivity index (χ1) is 12.0. The third-order valence-corrected chi connectivity index (χ3v) is 4.27. The fourth-order valence-corrected chi connectivity index (χ4v) is 3.00. The fourth-order valence-electron chi connectivity index (χ4n) is 3.00. The van der Waals surface area contributed by atoms with Crippen LogP contribution in [0.4, 0.5) is 5.69 Å². The van der Waals surface area contributed by atoms with Crippen molar-refractivity contribution in [3.8, 4) is 5.75 Å². The average Bonchev–Trinajstić information content (AvgIpc) is 2.95. The van der Waals surface area contributed by atoms with Gasteiger partial charge in [-0.2, -0.15) is 5.10 Å². The lowest BCUT2D eigenvalue weighted by atomic mass is 10.1. The van der Waals surface area contributed by atoms with E-state index < -0.39 is 0 Å². The van der Waals surface area contributed by atoms with E-state index in [1.54, 1.807) is 7.11 Å². The van der Waals surface area contributed by atoms with Gasteiger partial charge in [0.05, 0.1) is 18.5 Å². The lowest BCUT2D eigenvalue weighted by Gasteiger charge is -2.12. The second kappa shape index (κ2) is 6.93. The van der Waals surface area contributed by atoms with Crippen molar-refractivity contribution >= 4 is 17.2 Å². The predicted octanol–water partition coefficient (Wildman–Crippen LogP) is 3.23. The molecule has 0 unspecified atom stereocenters. The highest BCUT2D eigenvalue weighted by atomic mass is 16.5. The molecule has 2 aromatic heterocycles. The molecule has 0 saturated carbocycles. The van der Waals surface area contributed by atoms with Gasteiger partial charge in [0.15, 0.2) is 5.65 Å². The number of nitrogens with zero attached hydrogens (tertiary/aromatic N) is 3. The summed E-state index contributed by atoms with van der Waals surface area (Å²) in [5, 5.41) is 7.37. The van der Waals surface area contributed by atoms with Gasteiger partial charge in [-0.15, -0.1) is 0 Å². The molecule has 0 fully saturated rings. The van der Waals surface area contributed by atoms with E-state index in [0.29, 0.717) is 24.3 Å². The molecule has 2 heterocycles. The van der Waals surface area contributed by atoms with E-state index in [-0.39, 0.29) is 5.91 Å². The van der Waals surface area contributed by atoms with Crippen LogP contribution in [0.1, 0.15) is 29.1 Å². The van der Waals surface area contributed by atoms with Gasteiger partial charge in [0.1, 0.15) is 5.75 Å². The molecule has 0 bridgehead atoms. The van der Waals surface area contributed by atoms with Crippen molar-refractivity contribution in [2.45, 2.75) is 33.6 Å². The molecule has 0 spiro atoms. The van der Waals surface area contributed by atoms with Crippen molar-refractivity contribution < 1.29 is 9.53 Å². The number of methoxy groups -OCH3 is 1. The maximum atomic E-state index is 12.3. The number of aromatic nitrogens is 3. The normalized spacial score (nSPS) is 10.9. The molecule has 130 valence electrons. The van der Waals surface area contributed by atoms with Gasteiger partial charge in [-0.1, -0.05) is 12.1 Å². The van der Waals surface area contributed by atoms with Gasteiger partial charge < -0.3 is 10.1 Å². The molecular formula is C19H22N4O2. The van der Waals surface area contributed by atoms with E-state index in [1.807, 2.05) is 55.6 Å². The number of nitrogens with one attached hydrogen (secondary N) is 1. The Kier molecular flexibility index (Phi) is 4.70. The summed E-state index contributed by atoms with van der Waals surface area (Å²) in [6, 6.07) is 9.34. The topological polar surface area (TPSA) is 68.5 Å². The molecule has 25 heavy (non-hydrogen) atoms. The van der Waals surface area contributed by atoms with Crippen LogP contribution in [0.5, 0.6) is 5.75 Å². The number of carbonyl (C=O) groups is 1. The molecule has 1 N–H and O–H groups in total. The van der Waals surface area contributed by atoms with E-state index in [4.69, 9.17) is 4.74 Å². The fraction of sp³-hybridized carbons (Fsp3) is 0.316. The van der Waals surface area contributed by atoms with E-state index in [2.05, 4.69) is 15.4 Å². The minimum atomic E-state index is -0.0555. The van der Waals surface area contributed by atoms with E-state index >= 15 is 0 Å². The molecule has 1 aromatic carbocycles. The quantitative estimate of drug-likeness (QED) is 0.775. The Morgan fingerprint density at radius 2 is 2.00 bits per heavy atom. The van der Waals surface area contributed by atoms with Crippen molar-refractivity contribution in [3.05, 3.63) is 53.0 Å². The number of aryl methyl sites for hydroxylation is 3. The lowest BCUT2D eigenvalue weighted by Crippen LogP contribution is -2.14. The number of rotatable bonds is 5. The summed E-state index contributed by atoms with van der Waals surface area (Å²) in [4.78, 5) is 16.9. The van der Waals surface area contributed by atoms with Gasteiger partial charge in [-0.25, -0.2) is 9.50 Å². The van der Waals surface area contributed by atoms with E-state index in [1.165, 1.54) is 0 Å². The summed E-state index contributed by atoms with van der Waals surface area (Å²) in [5.41, 5.74) is 5.48. The van der Waals surface area contributed by atoms with Gasteiger partial charge in [-0.3, -0.25) is 4.79 Å². The number of carbonyl (C=O) groups excluding carboxylic acids is 1. The van der Waals surface area contributed by atoms with Crippen molar-refractivity contribution in [1.82, 2.24) is 14.6 Å². The highest BCUT2D eigenvalue weighted by molar-refractivity contribution is 5.92. The van der Waals surface area contributed by atoms with Crippen LogP contribution in [0.15, 0.2) is 30.3 Å². The molecular weight excluding hydrogens is 316 g/mol. The van der Waals surface area contributed by atoms with Gasteiger partial charge in [0.25, 0.3) is 0 Å². The third-order valence-electron chi connectivity index (χ3n) is 4.27. The molecule has 0 aliphatic heterocycles. The van der Waals surface area contributed by atoms with Crippen LogP contribution in [0, 0.1) is 20.8 Å². The zero-order valence-corrected chi connectivity index (χ0v) is 15.0. The number of hydrogen-bond acceptors (Lipinski definition) is 4. The Labute approximate surface area is 146 Å². The number of benzene rings is 1. The molecule has 0 aliphatic carbocycles. The van der Waals surface area contributed by atoms with Crippen LogP contribution in [-0.4, -0.2) is 27.6 Å². The molecule has 0 aliphatic rings. The highest BCUT2D eigenvalue weighted by Gasteiger charge is 2.13.